The van der Waals surface area contributed by atoms with Crippen LogP contribution in [0.5, 0.6) is 5.75 Å². The molecule has 2 aromatic carbocycles. The summed E-state index contributed by atoms with van der Waals surface area (Å²) < 4.78 is 6.45. The fraction of sp³-hybridized carbons (Fsp3) is 0.556. The van der Waals surface area contributed by atoms with Gasteiger partial charge in [-0.05, 0) is 47.4 Å². The lowest BCUT2D eigenvalue weighted by Crippen LogP contribution is -2.48. The van der Waals surface area contributed by atoms with Crippen molar-refractivity contribution in [3.8, 4) is 5.75 Å². The van der Waals surface area contributed by atoms with Gasteiger partial charge in [0.1, 0.15) is 25.0 Å². The molecule has 3 heteroatoms. The molecule has 0 aliphatic carbocycles. The van der Waals surface area contributed by atoms with Crippen molar-refractivity contribution in [2.75, 3.05) is 27.3 Å². The highest BCUT2D eigenvalue weighted by Crippen LogP contribution is 2.36. The molecule has 0 aliphatic heterocycles. The van der Waals surface area contributed by atoms with Crippen LogP contribution in [0.1, 0.15) is 59.1 Å². The molecule has 0 saturated heterocycles. The number of likely N-dealkylation sites (N-methyl/N-ethyl adjacent to an activating group) is 1. The maximum absolute atomic E-state index is 6.13. The normalized spacial score (nSPS) is 13.9. The molecule has 2 aromatic rings. The van der Waals surface area contributed by atoms with Gasteiger partial charge in [0.05, 0.1) is 14.1 Å². The number of rotatable bonds is 10. The molecule has 2 rings (SSSR count). The fourth-order valence-electron chi connectivity index (χ4n) is 4.16. The Morgan fingerprint density at radius 3 is 2.00 bits per heavy atom. The maximum atomic E-state index is 6.13. The molecule has 0 N–H and O–H groups in total. The third-order valence-corrected chi connectivity index (χ3v) is 5.82. The van der Waals surface area contributed by atoms with Gasteiger partial charge in [0.15, 0.2) is 0 Å². The van der Waals surface area contributed by atoms with Crippen molar-refractivity contribution in [1.82, 2.24) is 0 Å². The maximum Gasteiger partial charge on any atom is 0.140 e. The first-order chi connectivity index (χ1) is 13.9. The summed E-state index contributed by atoms with van der Waals surface area (Å²) in [4.78, 5) is 6.13. The fourth-order valence-corrected chi connectivity index (χ4v) is 4.16. The molecule has 0 heterocycles. The number of hydrogen-bond donors (Lipinski definition) is 0. The van der Waals surface area contributed by atoms with Crippen LogP contribution < -0.4 is 4.74 Å². The molecule has 0 aliphatic rings. The van der Waals surface area contributed by atoms with Crippen molar-refractivity contribution in [3.05, 3.63) is 65.7 Å². The minimum Gasteiger partial charge on any atom is -0.491 e. The Hall–Kier alpha value is -1.84. The van der Waals surface area contributed by atoms with Gasteiger partial charge in [-0.15, -0.1) is 0 Å². The van der Waals surface area contributed by atoms with E-state index in [0.717, 1.165) is 18.6 Å². The Morgan fingerprint density at radius 2 is 1.43 bits per heavy atom. The van der Waals surface area contributed by atoms with E-state index >= 15 is 0 Å². The molecular weight excluding hydrogens is 370 g/mol. The quantitative estimate of drug-likeness (QED) is 0.255. The highest BCUT2D eigenvalue weighted by atomic mass is 16.7. The van der Waals surface area contributed by atoms with Gasteiger partial charge in [-0.3, -0.25) is 0 Å². The number of benzene rings is 2. The summed E-state index contributed by atoms with van der Waals surface area (Å²) in [5, 5.41) is 0. The van der Waals surface area contributed by atoms with Gasteiger partial charge < -0.3 is 4.74 Å². The minimum absolute atomic E-state index is 0.149. The predicted molar refractivity (Wildman–Crippen MR) is 127 cm³/mol. The van der Waals surface area contributed by atoms with Gasteiger partial charge in [-0.2, -0.15) is 9.48 Å². The molecule has 1 atom stereocenters. The summed E-state index contributed by atoms with van der Waals surface area (Å²) in [5.74, 6) is 0.900. The second-order valence-corrected chi connectivity index (χ2v) is 10.8. The van der Waals surface area contributed by atoms with Crippen LogP contribution in [0.2, 0.25) is 0 Å². The summed E-state index contributed by atoms with van der Waals surface area (Å²) in [6.07, 6.45) is 2.13. The molecule has 3 nitrogen and oxygen atoms in total. The van der Waals surface area contributed by atoms with Crippen LogP contribution in [-0.2, 0) is 16.7 Å². The van der Waals surface area contributed by atoms with Crippen LogP contribution in [0, 0.1) is 5.41 Å². The number of hydrogen-bond acceptors (Lipinski definition) is 2. The largest absolute Gasteiger partial charge is 0.491 e. The number of ether oxygens (including phenoxy) is 1. The van der Waals surface area contributed by atoms with E-state index in [1.165, 1.54) is 11.1 Å². The Kier molecular flexibility index (Phi) is 8.13. The summed E-state index contributed by atoms with van der Waals surface area (Å²) >= 11 is 0. The van der Waals surface area contributed by atoms with Gasteiger partial charge in [0.2, 0.25) is 0 Å². The van der Waals surface area contributed by atoms with E-state index in [0.29, 0.717) is 29.3 Å². The smallest absolute Gasteiger partial charge is 0.140 e. The van der Waals surface area contributed by atoms with Crippen molar-refractivity contribution >= 4 is 0 Å². The molecule has 0 amide bonds. The second kappa shape index (κ2) is 9.98. The third-order valence-electron chi connectivity index (χ3n) is 5.82. The summed E-state index contributed by atoms with van der Waals surface area (Å²) in [5.41, 5.74) is 3.15. The van der Waals surface area contributed by atoms with Crippen LogP contribution in [0.4, 0.5) is 0 Å². The van der Waals surface area contributed by atoms with E-state index in [9.17, 15) is 0 Å². The van der Waals surface area contributed by atoms with Gasteiger partial charge in [-0.1, -0.05) is 77.1 Å². The Morgan fingerprint density at radius 1 is 0.833 bits per heavy atom. The van der Waals surface area contributed by atoms with Gasteiger partial charge in [0.25, 0.3) is 0 Å². The van der Waals surface area contributed by atoms with E-state index in [-0.39, 0.29) is 5.41 Å². The molecule has 0 radical (unpaired) electrons. The summed E-state index contributed by atoms with van der Waals surface area (Å²) in [7, 11) is 4.22. The van der Waals surface area contributed by atoms with Crippen LogP contribution in [0.25, 0.3) is 0 Å². The van der Waals surface area contributed by atoms with Crippen molar-refractivity contribution in [2.24, 2.45) is 5.41 Å². The Bertz CT molecular complexity index is 758. The zero-order valence-electron chi connectivity index (χ0n) is 20.4. The minimum atomic E-state index is 0.149. The van der Waals surface area contributed by atoms with E-state index in [2.05, 4.69) is 110 Å². The molecule has 0 spiro atoms. The third kappa shape index (κ3) is 7.77. The van der Waals surface area contributed by atoms with Crippen molar-refractivity contribution in [1.29, 1.82) is 0 Å². The molecule has 1 unspecified atom stereocenters. The van der Waals surface area contributed by atoms with Crippen molar-refractivity contribution in [3.63, 3.8) is 0 Å². The van der Waals surface area contributed by atoms with Crippen LogP contribution in [0.15, 0.2) is 54.6 Å². The SMILES string of the molecule is CC(Cc1ccccc1)[N+](C)(C)OCCOc1ccc(C(C)(C)CC(C)(C)C)cc1. The Labute approximate surface area is 184 Å². The van der Waals surface area contributed by atoms with E-state index in [1.807, 2.05) is 0 Å². The number of quaternary nitrogens is 1. The molecule has 166 valence electrons. The highest BCUT2D eigenvalue weighted by Gasteiger charge is 2.28. The van der Waals surface area contributed by atoms with Gasteiger partial charge in [0, 0.05) is 6.42 Å². The standard InChI is InChI=1S/C27H42NO2/c1-22(20-23-12-10-9-11-13-23)28(7,8)30-19-18-29-25-16-14-24(15-17-25)27(5,6)21-26(2,3)4/h9-17,22H,18-21H2,1-8H3/q+1. The zero-order valence-corrected chi connectivity index (χ0v) is 20.4. The average Bonchev–Trinajstić information content (AvgIpc) is 2.64. The average molecular weight is 413 g/mol. The topological polar surface area (TPSA) is 18.5 Å². The highest BCUT2D eigenvalue weighted by molar-refractivity contribution is 5.31. The first-order valence-corrected chi connectivity index (χ1v) is 11.1. The van der Waals surface area contributed by atoms with E-state index in [4.69, 9.17) is 9.57 Å². The number of nitrogens with zero attached hydrogens (tertiary/aromatic N) is 1. The lowest BCUT2D eigenvalue weighted by atomic mass is 9.72. The first kappa shape index (κ1) is 24.4. The number of hydroxylamine groups is 3. The van der Waals surface area contributed by atoms with Crippen LogP contribution >= 0.6 is 0 Å². The lowest BCUT2D eigenvalue weighted by Gasteiger charge is -2.33. The molecular formula is C27H42NO2+. The van der Waals surface area contributed by atoms with E-state index < -0.39 is 0 Å². The molecule has 30 heavy (non-hydrogen) atoms. The molecule has 0 bridgehead atoms. The van der Waals surface area contributed by atoms with Crippen molar-refractivity contribution < 1.29 is 14.2 Å². The summed E-state index contributed by atoms with van der Waals surface area (Å²) in [6.45, 7) is 14.9. The molecule has 0 saturated carbocycles. The van der Waals surface area contributed by atoms with Crippen LogP contribution in [0.3, 0.4) is 0 Å². The van der Waals surface area contributed by atoms with Gasteiger partial charge >= 0.3 is 0 Å². The predicted octanol–water partition coefficient (Wildman–Crippen LogP) is 6.42. The first-order valence-electron chi connectivity index (χ1n) is 11.1. The Balaban J connectivity index is 1.81. The second-order valence-electron chi connectivity index (χ2n) is 10.8. The lowest BCUT2D eigenvalue weighted by molar-refractivity contribution is -1.09. The monoisotopic (exact) mass is 412 g/mol. The summed E-state index contributed by atoms with van der Waals surface area (Å²) in [6, 6.07) is 19.5. The molecule has 0 aromatic heterocycles. The van der Waals surface area contributed by atoms with E-state index in [1.54, 1.807) is 0 Å². The van der Waals surface area contributed by atoms with Gasteiger partial charge in [-0.25, -0.2) is 0 Å². The zero-order chi connectivity index (χ0) is 22.4. The van der Waals surface area contributed by atoms with Crippen LogP contribution in [-0.4, -0.2) is 38.0 Å². The molecule has 0 fully saturated rings. The van der Waals surface area contributed by atoms with Crippen molar-refractivity contribution in [2.45, 2.75) is 65.8 Å².